The highest BCUT2D eigenvalue weighted by molar-refractivity contribution is 5.96. The second-order valence-electron chi connectivity index (χ2n) is 23.6. The lowest BCUT2D eigenvalue weighted by Gasteiger charge is -2.26. The Kier molecular flexibility index (Phi) is 16.9. The largest absolute Gasteiger partial charge is 0.423 e. The third-order valence-corrected chi connectivity index (χ3v) is 17.4. The highest BCUT2D eigenvalue weighted by Gasteiger charge is 2.23. The van der Waals surface area contributed by atoms with Gasteiger partial charge in [-0.25, -0.2) is 14.4 Å². The molecule has 0 aliphatic rings. The highest BCUT2D eigenvalue weighted by atomic mass is 16.5. The zero-order chi connectivity index (χ0) is 65.4. The van der Waals surface area contributed by atoms with Crippen LogP contribution >= 0.6 is 0 Å². The van der Waals surface area contributed by atoms with Gasteiger partial charge in [-0.1, -0.05) is 182 Å². The van der Waals surface area contributed by atoms with Crippen molar-refractivity contribution in [1.29, 1.82) is 0 Å². The number of hydrogen-bond acceptors (Lipinski definition) is 9. The molecule has 0 spiro atoms. The van der Waals surface area contributed by atoms with Crippen LogP contribution in [0.5, 0.6) is 17.2 Å². The highest BCUT2D eigenvalue weighted by Crippen LogP contribution is 2.41. The van der Waals surface area contributed by atoms with E-state index in [-0.39, 0.29) is 5.92 Å². The molecule has 97 heavy (non-hydrogen) atoms. The Bertz CT molecular complexity index is 4760. The summed E-state index contributed by atoms with van der Waals surface area (Å²) in [5, 5.41) is 6.82. The number of esters is 3. The smallest absolute Gasteiger partial charge is 0.343 e. The SMILES string of the molecule is O=C(Oc1ccc(C(c2ccc(OC(=O)c3ccc(N(c4ccccc4)c4ccc5ccccc5c4)cc3)cc2)c2ccc(OC(=O)c3ccc(N(c4ccccc4)c4ccc5ccccc5c4)cc3)cc2)cc1)c1ccc(N(c2ccccc2)c2ccc3ccccc3c2)cc1. The fraction of sp³-hybridized carbons (Fsp3) is 0.0114. The minimum atomic E-state index is -0.500. The first-order valence-corrected chi connectivity index (χ1v) is 32.1. The zero-order valence-electron chi connectivity index (χ0n) is 52.5. The first kappa shape index (κ1) is 60.2. The van der Waals surface area contributed by atoms with Crippen molar-refractivity contribution < 1.29 is 28.6 Å². The van der Waals surface area contributed by atoms with Crippen LogP contribution in [0.25, 0.3) is 32.3 Å². The molecule has 0 heterocycles. The molecule has 0 fully saturated rings. The van der Waals surface area contributed by atoms with Crippen LogP contribution in [0, 0.1) is 0 Å². The molecule has 0 aliphatic carbocycles. The summed E-state index contributed by atoms with van der Waals surface area (Å²) in [4.78, 5) is 48.2. The quantitative estimate of drug-likeness (QED) is 0.0473. The lowest BCUT2D eigenvalue weighted by Crippen LogP contribution is -2.12. The van der Waals surface area contributed by atoms with Gasteiger partial charge in [0.2, 0.25) is 0 Å². The Morgan fingerprint density at radius 2 is 0.423 bits per heavy atom. The molecular weight excluding hydrogens is 1190 g/mol. The van der Waals surface area contributed by atoms with Crippen molar-refractivity contribution in [3.63, 3.8) is 0 Å². The number of nitrogens with zero attached hydrogens (tertiary/aromatic N) is 3. The van der Waals surface area contributed by atoms with Gasteiger partial charge < -0.3 is 28.9 Å². The van der Waals surface area contributed by atoms with E-state index < -0.39 is 17.9 Å². The van der Waals surface area contributed by atoms with E-state index in [2.05, 4.69) is 142 Å². The maximum absolute atomic E-state index is 13.9. The molecular formula is C88H61N3O6. The standard InChI is InChI=1S/C88H61N3O6/c92-86(67-31-43-76(44-32-67)89(73-22-4-1-5-23-73)79-49-28-61-16-10-13-19-70(61)58-79)95-82-52-37-64(38-53-82)85(65-39-54-83(55-40-65)96-87(93)68-33-45-77(46-34-68)90(74-24-6-2-7-25-74)80-50-29-62-17-11-14-20-71(62)59-80)66-41-56-84(57-42-66)97-88(94)69-35-47-78(48-36-69)91(75-26-8-3-9-27-75)81-51-30-63-18-12-15-21-72(63)60-81/h1-60,85H. The van der Waals surface area contributed by atoms with Crippen molar-refractivity contribution in [2.45, 2.75) is 5.92 Å². The summed E-state index contributed by atoms with van der Waals surface area (Å²) in [5.41, 5.74) is 12.4. The lowest BCUT2D eigenvalue weighted by molar-refractivity contribution is 0.0725. The van der Waals surface area contributed by atoms with Crippen LogP contribution in [-0.4, -0.2) is 17.9 Å². The topological polar surface area (TPSA) is 88.6 Å². The van der Waals surface area contributed by atoms with Gasteiger partial charge in [-0.05, 0) is 231 Å². The minimum absolute atomic E-state index is 0.368. The van der Waals surface area contributed by atoms with E-state index in [0.29, 0.717) is 33.9 Å². The van der Waals surface area contributed by atoms with Crippen molar-refractivity contribution in [2.24, 2.45) is 0 Å². The van der Waals surface area contributed by atoms with E-state index >= 15 is 0 Å². The van der Waals surface area contributed by atoms with Crippen LogP contribution in [0.2, 0.25) is 0 Å². The van der Waals surface area contributed by atoms with Gasteiger partial charge in [-0.15, -0.1) is 0 Å². The van der Waals surface area contributed by atoms with E-state index in [0.717, 1.165) is 100 Å². The molecule has 9 nitrogen and oxygen atoms in total. The van der Waals surface area contributed by atoms with Crippen molar-refractivity contribution in [2.75, 3.05) is 14.7 Å². The fourth-order valence-corrected chi connectivity index (χ4v) is 12.5. The summed E-state index contributed by atoms with van der Waals surface area (Å²) in [5.74, 6) is -0.764. The van der Waals surface area contributed by atoms with Gasteiger partial charge in [0.25, 0.3) is 0 Å². The van der Waals surface area contributed by atoms with Gasteiger partial charge in [-0.3, -0.25) is 0 Å². The van der Waals surface area contributed by atoms with Crippen LogP contribution in [0.4, 0.5) is 51.2 Å². The molecule has 0 radical (unpaired) electrons. The van der Waals surface area contributed by atoms with E-state index in [1.54, 1.807) is 72.8 Å². The summed E-state index contributed by atoms with van der Waals surface area (Å²) in [7, 11) is 0. The summed E-state index contributed by atoms with van der Waals surface area (Å²) in [6, 6.07) is 119. The van der Waals surface area contributed by atoms with Crippen LogP contribution in [0.1, 0.15) is 53.7 Å². The van der Waals surface area contributed by atoms with Crippen LogP contribution in [0.3, 0.4) is 0 Å². The van der Waals surface area contributed by atoms with Crippen LogP contribution in [-0.2, 0) is 0 Å². The van der Waals surface area contributed by atoms with E-state index in [1.165, 1.54) is 0 Å². The number of fused-ring (bicyclic) bond motifs is 3. The predicted molar refractivity (Wildman–Crippen MR) is 391 cm³/mol. The van der Waals surface area contributed by atoms with Crippen LogP contribution in [0.15, 0.2) is 364 Å². The van der Waals surface area contributed by atoms with Gasteiger partial charge in [-0.2, -0.15) is 0 Å². The summed E-state index contributed by atoms with van der Waals surface area (Å²) in [6.45, 7) is 0. The van der Waals surface area contributed by atoms with E-state index in [1.807, 2.05) is 164 Å². The molecule has 9 heteroatoms. The number of benzene rings is 15. The average molecular weight is 1260 g/mol. The Hall–Kier alpha value is -13.1. The number of carbonyl (C=O) groups is 3. The number of anilines is 9. The molecule has 0 saturated carbocycles. The molecule has 15 aromatic carbocycles. The molecule has 0 aliphatic heterocycles. The fourth-order valence-electron chi connectivity index (χ4n) is 12.5. The minimum Gasteiger partial charge on any atom is -0.423 e. The second-order valence-corrected chi connectivity index (χ2v) is 23.6. The molecule has 15 rings (SSSR count). The maximum atomic E-state index is 13.9. The molecule has 0 unspecified atom stereocenters. The molecule has 0 bridgehead atoms. The van der Waals surface area contributed by atoms with Gasteiger partial charge in [0.1, 0.15) is 17.2 Å². The Labute approximate surface area is 562 Å². The van der Waals surface area contributed by atoms with E-state index in [9.17, 15) is 14.4 Å². The lowest BCUT2D eigenvalue weighted by atomic mass is 9.85. The first-order valence-electron chi connectivity index (χ1n) is 32.1. The van der Waals surface area contributed by atoms with Crippen molar-refractivity contribution in [3.8, 4) is 17.2 Å². The number of carbonyl (C=O) groups excluding carboxylic acids is 3. The van der Waals surface area contributed by atoms with Gasteiger partial charge >= 0.3 is 17.9 Å². The summed E-state index contributed by atoms with van der Waals surface area (Å²) in [6.07, 6.45) is 0. The van der Waals surface area contributed by atoms with Crippen molar-refractivity contribution >= 4 is 101 Å². The van der Waals surface area contributed by atoms with Gasteiger partial charge in [0.15, 0.2) is 0 Å². The molecule has 464 valence electrons. The second kappa shape index (κ2) is 27.2. The number of hydrogen-bond donors (Lipinski definition) is 0. The third kappa shape index (κ3) is 13.2. The van der Waals surface area contributed by atoms with Crippen molar-refractivity contribution in [1.82, 2.24) is 0 Å². The molecule has 0 saturated heterocycles. The Morgan fingerprint density at radius 1 is 0.206 bits per heavy atom. The number of ether oxygens (including phenoxy) is 3. The predicted octanol–water partition coefficient (Wildman–Crippen LogP) is 22.4. The van der Waals surface area contributed by atoms with Gasteiger partial charge in [0.05, 0.1) is 16.7 Å². The average Bonchev–Trinajstić information content (AvgIpc) is 0.843. The molecule has 0 atom stereocenters. The van der Waals surface area contributed by atoms with Crippen molar-refractivity contribution in [3.05, 3.63) is 397 Å². The van der Waals surface area contributed by atoms with Crippen LogP contribution < -0.4 is 28.9 Å². The van der Waals surface area contributed by atoms with E-state index in [4.69, 9.17) is 14.2 Å². The third-order valence-electron chi connectivity index (χ3n) is 17.4. The normalized spacial score (nSPS) is 11.1. The zero-order valence-corrected chi connectivity index (χ0v) is 52.5. The summed E-state index contributed by atoms with van der Waals surface area (Å²) < 4.78 is 18.1. The molecule has 0 aromatic heterocycles. The monoisotopic (exact) mass is 1260 g/mol. The molecule has 15 aromatic rings. The summed E-state index contributed by atoms with van der Waals surface area (Å²) >= 11 is 0. The van der Waals surface area contributed by atoms with Gasteiger partial charge in [0, 0.05) is 57.1 Å². The number of rotatable bonds is 18. The number of para-hydroxylation sites is 3. The first-order chi connectivity index (χ1) is 47.8. The molecule has 0 N–H and O–H groups in total. The Balaban J connectivity index is 0.675. The molecule has 0 amide bonds. The maximum Gasteiger partial charge on any atom is 0.343 e. The Morgan fingerprint density at radius 3 is 0.680 bits per heavy atom.